The van der Waals surface area contributed by atoms with Crippen LogP contribution in [0.25, 0.3) is 0 Å². The van der Waals surface area contributed by atoms with E-state index in [0.717, 1.165) is 23.4 Å². The molecule has 6 nitrogen and oxygen atoms in total. The number of rotatable bonds is 5. The van der Waals surface area contributed by atoms with Gasteiger partial charge in [-0.1, -0.05) is 6.07 Å². The Kier molecular flexibility index (Phi) is 5.25. The van der Waals surface area contributed by atoms with Crippen LogP contribution in [0.3, 0.4) is 0 Å². The number of amides is 1. The van der Waals surface area contributed by atoms with Crippen LogP contribution in [0.15, 0.2) is 48.5 Å². The zero-order valence-electron chi connectivity index (χ0n) is 14.6. The molecule has 2 aromatic carbocycles. The Hall–Kier alpha value is -3.55. The predicted octanol–water partition coefficient (Wildman–Crippen LogP) is 4.07. The van der Waals surface area contributed by atoms with Gasteiger partial charge in [0.1, 0.15) is 5.75 Å². The molecule has 1 heterocycles. The molecule has 0 saturated heterocycles. The van der Waals surface area contributed by atoms with Gasteiger partial charge in [-0.05, 0) is 55.0 Å². The van der Waals surface area contributed by atoms with Gasteiger partial charge in [-0.2, -0.15) is 0 Å². The molecule has 0 bridgehead atoms. The number of anilines is 3. The zero-order chi connectivity index (χ0) is 19.4. The molecule has 2 N–H and O–H groups in total. The van der Waals surface area contributed by atoms with Crippen molar-refractivity contribution in [3.05, 3.63) is 71.3 Å². The second kappa shape index (κ2) is 7.77. The average molecular weight is 370 g/mol. The first-order valence-electron chi connectivity index (χ1n) is 7.98. The van der Waals surface area contributed by atoms with Gasteiger partial charge in [0.15, 0.2) is 23.3 Å². The van der Waals surface area contributed by atoms with Crippen LogP contribution in [0, 0.1) is 18.6 Å². The Bertz CT molecular complexity index is 978. The molecular formula is C19H16F2N4O2. The lowest BCUT2D eigenvalue weighted by molar-refractivity contribution is 0.102. The first-order valence-corrected chi connectivity index (χ1v) is 7.98. The summed E-state index contributed by atoms with van der Waals surface area (Å²) < 4.78 is 31.5. The maximum absolute atomic E-state index is 13.2. The number of ether oxygens (including phenoxy) is 1. The third-order valence-electron chi connectivity index (χ3n) is 3.71. The molecular weight excluding hydrogens is 354 g/mol. The Morgan fingerprint density at radius 3 is 2.37 bits per heavy atom. The quantitative estimate of drug-likeness (QED) is 0.708. The van der Waals surface area contributed by atoms with Crippen LogP contribution in [0.5, 0.6) is 5.75 Å². The second-order valence-corrected chi connectivity index (χ2v) is 5.72. The number of nitrogens with zero attached hydrogens (tertiary/aromatic N) is 2. The van der Waals surface area contributed by atoms with Crippen LogP contribution in [0.4, 0.5) is 26.1 Å². The maximum atomic E-state index is 13.2. The Morgan fingerprint density at radius 1 is 0.963 bits per heavy atom. The molecule has 0 fully saturated rings. The van der Waals surface area contributed by atoms with Crippen molar-refractivity contribution in [3.8, 4) is 5.75 Å². The molecule has 3 aromatic rings. The summed E-state index contributed by atoms with van der Waals surface area (Å²) in [6, 6.07) is 11.7. The molecule has 0 aliphatic rings. The van der Waals surface area contributed by atoms with Gasteiger partial charge in [-0.3, -0.25) is 4.79 Å². The standard InChI is InChI=1S/C19H16F2N4O2/c1-11-3-6-16(27-2)15(9-11)22-17-7-8-18(25-24-17)23-19(26)12-4-5-13(20)14(21)10-12/h3-10H,1-2H3,(H,22,24)(H,23,25,26). The van der Waals surface area contributed by atoms with E-state index < -0.39 is 17.5 Å². The van der Waals surface area contributed by atoms with Gasteiger partial charge < -0.3 is 15.4 Å². The van der Waals surface area contributed by atoms with Crippen LogP contribution in [0.1, 0.15) is 15.9 Å². The van der Waals surface area contributed by atoms with E-state index in [0.29, 0.717) is 11.6 Å². The third-order valence-corrected chi connectivity index (χ3v) is 3.71. The summed E-state index contributed by atoms with van der Waals surface area (Å²) >= 11 is 0. The first-order chi connectivity index (χ1) is 13.0. The maximum Gasteiger partial charge on any atom is 0.256 e. The lowest BCUT2D eigenvalue weighted by Crippen LogP contribution is -2.14. The summed E-state index contributed by atoms with van der Waals surface area (Å²) in [5.74, 6) is -1.47. The molecule has 8 heteroatoms. The number of aromatic nitrogens is 2. The highest BCUT2D eigenvalue weighted by Gasteiger charge is 2.11. The van der Waals surface area contributed by atoms with E-state index in [9.17, 15) is 13.6 Å². The number of aryl methyl sites for hydroxylation is 1. The number of nitrogens with one attached hydrogen (secondary N) is 2. The van der Waals surface area contributed by atoms with E-state index in [-0.39, 0.29) is 11.4 Å². The highest BCUT2D eigenvalue weighted by atomic mass is 19.2. The van der Waals surface area contributed by atoms with Crippen molar-refractivity contribution in [2.45, 2.75) is 6.92 Å². The van der Waals surface area contributed by atoms with Crippen molar-refractivity contribution in [1.82, 2.24) is 10.2 Å². The fourth-order valence-electron chi connectivity index (χ4n) is 2.35. The minimum Gasteiger partial charge on any atom is -0.495 e. The van der Waals surface area contributed by atoms with Gasteiger partial charge in [0.05, 0.1) is 12.8 Å². The predicted molar refractivity (Wildman–Crippen MR) is 97.4 cm³/mol. The van der Waals surface area contributed by atoms with Gasteiger partial charge in [-0.25, -0.2) is 8.78 Å². The SMILES string of the molecule is COc1ccc(C)cc1Nc1ccc(NC(=O)c2ccc(F)c(F)c2)nn1. The topological polar surface area (TPSA) is 76.1 Å². The average Bonchev–Trinajstić information content (AvgIpc) is 2.65. The van der Waals surface area contributed by atoms with E-state index in [1.807, 2.05) is 25.1 Å². The molecule has 138 valence electrons. The van der Waals surface area contributed by atoms with Crippen LogP contribution in [-0.2, 0) is 0 Å². The number of benzene rings is 2. The van der Waals surface area contributed by atoms with Crippen molar-refractivity contribution in [2.24, 2.45) is 0 Å². The van der Waals surface area contributed by atoms with Crippen molar-refractivity contribution in [1.29, 1.82) is 0 Å². The van der Waals surface area contributed by atoms with Crippen LogP contribution >= 0.6 is 0 Å². The molecule has 1 aromatic heterocycles. The van der Waals surface area contributed by atoms with Crippen molar-refractivity contribution in [3.63, 3.8) is 0 Å². The normalized spacial score (nSPS) is 10.4. The summed E-state index contributed by atoms with van der Waals surface area (Å²) in [7, 11) is 1.57. The molecule has 0 aliphatic heterocycles. The van der Waals surface area contributed by atoms with Gasteiger partial charge in [0, 0.05) is 5.56 Å². The number of carbonyl (C=O) groups is 1. The Labute approximate surface area is 154 Å². The summed E-state index contributed by atoms with van der Waals surface area (Å²) in [5, 5.41) is 13.5. The molecule has 3 rings (SSSR count). The minimum atomic E-state index is -1.10. The molecule has 0 spiro atoms. The highest BCUT2D eigenvalue weighted by Crippen LogP contribution is 2.27. The molecule has 0 aliphatic carbocycles. The van der Waals surface area contributed by atoms with Crippen molar-refractivity contribution < 1.29 is 18.3 Å². The fraction of sp³-hybridized carbons (Fsp3) is 0.105. The van der Waals surface area contributed by atoms with Gasteiger partial charge >= 0.3 is 0 Å². The van der Waals surface area contributed by atoms with Crippen LogP contribution in [0.2, 0.25) is 0 Å². The van der Waals surface area contributed by atoms with Gasteiger partial charge in [0.2, 0.25) is 0 Å². The summed E-state index contributed by atoms with van der Waals surface area (Å²) in [5.41, 5.74) is 1.74. The largest absolute Gasteiger partial charge is 0.495 e. The van der Waals surface area contributed by atoms with Crippen molar-refractivity contribution >= 4 is 23.2 Å². The summed E-state index contributed by atoms with van der Waals surface area (Å²) in [4.78, 5) is 12.1. The smallest absolute Gasteiger partial charge is 0.256 e. The van der Waals surface area contributed by atoms with E-state index in [1.54, 1.807) is 13.2 Å². The monoisotopic (exact) mass is 370 g/mol. The number of methoxy groups -OCH3 is 1. The van der Waals surface area contributed by atoms with Crippen LogP contribution < -0.4 is 15.4 Å². The molecule has 27 heavy (non-hydrogen) atoms. The van der Waals surface area contributed by atoms with Gasteiger partial charge in [-0.15, -0.1) is 10.2 Å². The van der Waals surface area contributed by atoms with Gasteiger partial charge in [0.25, 0.3) is 5.91 Å². The number of halogens is 2. The van der Waals surface area contributed by atoms with E-state index >= 15 is 0 Å². The summed E-state index contributed by atoms with van der Waals surface area (Å²) in [6.45, 7) is 1.95. The fourth-order valence-corrected chi connectivity index (χ4v) is 2.35. The second-order valence-electron chi connectivity index (χ2n) is 5.72. The molecule has 0 radical (unpaired) electrons. The number of hydrogen-bond acceptors (Lipinski definition) is 5. The van der Waals surface area contributed by atoms with E-state index in [4.69, 9.17) is 4.74 Å². The van der Waals surface area contributed by atoms with E-state index in [2.05, 4.69) is 20.8 Å². The summed E-state index contributed by atoms with van der Waals surface area (Å²) in [6.07, 6.45) is 0. The highest BCUT2D eigenvalue weighted by molar-refractivity contribution is 6.03. The van der Waals surface area contributed by atoms with Crippen LogP contribution in [-0.4, -0.2) is 23.2 Å². The minimum absolute atomic E-state index is 0.0256. The molecule has 0 atom stereocenters. The Balaban J connectivity index is 1.71. The number of hydrogen-bond donors (Lipinski definition) is 2. The molecule has 0 unspecified atom stereocenters. The zero-order valence-corrected chi connectivity index (χ0v) is 14.6. The third kappa shape index (κ3) is 4.35. The number of carbonyl (C=O) groups excluding carboxylic acids is 1. The lowest BCUT2D eigenvalue weighted by atomic mass is 10.2. The van der Waals surface area contributed by atoms with E-state index in [1.165, 1.54) is 12.1 Å². The van der Waals surface area contributed by atoms with Crippen molar-refractivity contribution in [2.75, 3.05) is 17.7 Å². The molecule has 1 amide bonds. The molecule has 0 saturated carbocycles. The lowest BCUT2D eigenvalue weighted by Gasteiger charge is -2.11. The first kappa shape index (κ1) is 18.2. The Morgan fingerprint density at radius 2 is 1.70 bits per heavy atom.